The molecule has 28 heavy (non-hydrogen) atoms. The first-order valence-electron chi connectivity index (χ1n) is 10.1. The number of rotatable bonds is 6. The van der Waals surface area contributed by atoms with Crippen molar-refractivity contribution in [3.8, 4) is 0 Å². The SMILES string of the molecule is CC(=O)c1ccc(S(=O)(=O)N(C)CC(=O)NC2CC3CC2C2CCCC32)cc1. The number of sulfonamides is 1. The Hall–Kier alpha value is -1.73. The fourth-order valence-electron chi connectivity index (χ4n) is 5.82. The van der Waals surface area contributed by atoms with E-state index in [0.717, 1.165) is 28.5 Å². The maximum absolute atomic E-state index is 12.7. The summed E-state index contributed by atoms with van der Waals surface area (Å²) in [6, 6.07) is 6.02. The van der Waals surface area contributed by atoms with E-state index in [1.165, 1.54) is 63.9 Å². The first-order valence-corrected chi connectivity index (χ1v) is 11.6. The molecule has 152 valence electrons. The monoisotopic (exact) mass is 404 g/mol. The van der Waals surface area contributed by atoms with Gasteiger partial charge in [-0.3, -0.25) is 9.59 Å². The third-order valence-electron chi connectivity index (χ3n) is 7.11. The molecule has 0 radical (unpaired) electrons. The zero-order chi connectivity index (χ0) is 20.1. The van der Waals surface area contributed by atoms with Crippen molar-refractivity contribution >= 4 is 21.7 Å². The molecular weight excluding hydrogens is 376 g/mol. The van der Waals surface area contributed by atoms with Crippen LogP contribution in [0.15, 0.2) is 29.2 Å². The molecule has 1 aromatic carbocycles. The van der Waals surface area contributed by atoms with E-state index in [-0.39, 0.29) is 29.2 Å². The van der Waals surface area contributed by atoms with Gasteiger partial charge < -0.3 is 5.32 Å². The van der Waals surface area contributed by atoms with E-state index in [1.807, 2.05) is 0 Å². The van der Waals surface area contributed by atoms with Crippen molar-refractivity contribution < 1.29 is 18.0 Å². The molecule has 0 aromatic heterocycles. The van der Waals surface area contributed by atoms with Crippen LogP contribution in [0.3, 0.4) is 0 Å². The number of nitrogens with one attached hydrogen (secondary N) is 1. The van der Waals surface area contributed by atoms with Gasteiger partial charge >= 0.3 is 0 Å². The Morgan fingerprint density at radius 3 is 2.43 bits per heavy atom. The lowest BCUT2D eigenvalue weighted by Crippen LogP contribution is -2.46. The average molecular weight is 405 g/mol. The van der Waals surface area contributed by atoms with Crippen molar-refractivity contribution in [2.75, 3.05) is 13.6 Å². The van der Waals surface area contributed by atoms with Crippen LogP contribution >= 0.6 is 0 Å². The van der Waals surface area contributed by atoms with Crippen LogP contribution in [0, 0.1) is 23.7 Å². The van der Waals surface area contributed by atoms with Crippen LogP contribution in [0.4, 0.5) is 0 Å². The number of carbonyl (C=O) groups excluding carboxylic acids is 2. The maximum Gasteiger partial charge on any atom is 0.243 e. The molecule has 0 aliphatic heterocycles. The van der Waals surface area contributed by atoms with Crippen LogP contribution < -0.4 is 5.32 Å². The van der Waals surface area contributed by atoms with Gasteiger partial charge in [-0.1, -0.05) is 18.6 Å². The molecular formula is C21H28N2O4S. The summed E-state index contributed by atoms with van der Waals surface area (Å²) in [7, 11) is -2.36. The zero-order valence-electron chi connectivity index (χ0n) is 16.4. The van der Waals surface area contributed by atoms with E-state index >= 15 is 0 Å². The normalized spacial score (nSPS) is 31.2. The number of hydrogen-bond acceptors (Lipinski definition) is 4. The first-order chi connectivity index (χ1) is 13.3. The molecule has 0 heterocycles. The molecule has 5 atom stereocenters. The number of benzene rings is 1. The minimum Gasteiger partial charge on any atom is -0.352 e. The second-order valence-electron chi connectivity index (χ2n) is 8.67. The molecule has 2 bridgehead atoms. The lowest BCUT2D eigenvalue weighted by molar-refractivity contribution is -0.122. The molecule has 3 saturated carbocycles. The van der Waals surface area contributed by atoms with Gasteiger partial charge in [0.15, 0.2) is 5.78 Å². The van der Waals surface area contributed by atoms with E-state index in [2.05, 4.69) is 5.32 Å². The Kier molecular flexibility index (Phi) is 5.08. The highest BCUT2D eigenvalue weighted by atomic mass is 32.2. The smallest absolute Gasteiger partial charge is 0.243 e. The van der Waals surface area contributed by atoms with E-state index in [0.29, 0.717) is 11.5 Å². The van der Waals surface area contributed by atoms with Crippen LogP contribution in [-0.4, -0.2) is 44.0 Å². The van der Waals surface area contributed by atoms with Crippen LogP contribution in [0.2, 0.25) is 0 Å². The number of fused-ring (bicyclic) bond motifs is 5. The Morgan fingerprint density at radius 2 is 1.75 bits per heavy atom. The van der Waals surface area contributed by atoms with Gasteiger partial charge in [0.05, 0.1) is 11.4 Å². The average Bonchev–Trinajstić information content (AvgIpc) is 3.34. The number of ketones is 1. The van der Waals surface area contributed by atoms with E-state index in [4.69, 9.17) is 0 Å². The second kappa shape index (κ2) is 7.26. The van der Waals surface area contributed by atoms with Crippen molar-refractivity contribution in [3.63, 3.8) is 0 Å². The number of carbonyl (C=O) groups is 2. The van der Waals surface area contributed by atoms with Gasteiger partial charge in [0.1, 0.15) is 0 Å². The fraction of sp³-hybridized carbons (Fsp3) is 0.619. The van der Waals surface area contributed by atoms with Gasteiger partial charge in [-0.25, -0.2) is 8.42 Å². The van der Waals surface area contributed by atoms with Gasteiger partial charge in [-0.15, -0.1) is 0 Å². The van der Waals surface area contributed by atoms with Gasteiger partial charge in [-0.05, 0) is 68.4 Å². The van der Waals surface area contributed by atoms with E-state index in [1.54, 1.807) is 0 Å². The van der Waals surface area contributed by atoms with Gasteiger partial charge in [0, 0.05) is 18.7 Å². The summed E-state index contributed by atoms with van der Waals surface area (Å²) in [6.45, 7) is 1.24. The Labute approximate surface area is 166 Å². The molecule has 6 nitrogen and oxygen atoms in total. The second-order valence-corrected chi connectivity index (χ2v) is 10.7. The summed E-state index contributed by atoms with van der Waals surface area (Å²) >= 11 is 0. The largest absolute Gasteiger partial charge is 0.352 e. The van der Waals surface area contributed by atoms with Gasteiger partial charge in [0.2, 0.25) is 15.9 Å². The zero-order valence-corrected chi connectivity index (χ0v) is 17.2. The molecule has 0 spiro atoms. The minimum absolute atomic E-state index is 0.0847. The summed E-state index contributed by atoms with van der Waals surface area (Å²) < 4.78 is 26.5. The summed E-state index contributed by atoms with van der Waals surface area (Å²) in [6.07, 6.45) is 6.20. The highest BCUT2D eigenvalue weighted by molar-refractivity contribution is 7.89. The Morgan fingerprint density at radius 1 is 1.07 bits per heavy atom. The molecule has 3 aliphatic rings. The summed E-state index contributed by atoms with van der Waals surface area (Å²) in [5.74, 6) is 2.57. The molecule has 4 rings (SSSR count). The van der Waals surface area contributed by atoms with Crippen molar-refractivity contribution in [1.82, 2.24) is 9.62 Å². The summed E-state index contributed by atoms with van der Waals surface area (Å²) in [5, 5.41) is 3.11. The molecule has 1 aromatic rings. The lowest BCUT2D eigenvalue weighted by atomic mass is 9.79. The predicted molar refractivity (Wildman–Crippen MR) is 105 cm³/mol. The van der Waals surface area contributed by atoms with Crippen molar-refractivity contribution in [1.29, 1.82) is 0 Å². The highest BCUT2D eigenvalue weighted by Crippen LogP contribution is 2.58. The minimum atomic E-state index is -3.77. The molecule has 7 heteroatoms. The van der Waals surface area contributed by atoms with Crippen LogP contribution in [-0.2, 0) is 14.8 Å². The van der Waals surface area contributed by atoms with Crippen LogP contribution in [0.1, 0.15) is 49.4 Å². The number of nitrogens with zero attached hydrogens (tertiary/aromatic N) is 1. The Balaban J connectivity index is 1.37. The van der Waals surface area contributed by atoms with E-state index in [9.17, 15) is 18.0 Å². The molecule has 3 fully saturated rings. The van der Waals surface area contributed by atoms with Crippen molar-refractivity contribution in [2.24, 2.45) is 23.7 Å². The number of amides is 1. The summed E-state index contributed by atoms with van der Waals surface area (Å²) in [4.78, 5) is 24.0. The topological polar surface area (TPSA) is 83.6 Å². The van der Waals surface area contributed by atoms with Crippen LogP contribution in [0.5, 0.6) is 0 Å². The summed E-state index contributed by atoms with van der Waals surface area (Å²) in [5.41, 5.74) is 0.459. The Bertz CT molecular complexity index is 880. The van der Waals surface area contributed by atoms with Crippen molar-refractivity contribution in [2.45, 2.75) is 50.0 Å². The number of hydrogen-bond donors (Lipinski definition) is 1. The molecule has 0 saturated heterocycles. The fourth-order valence-corrected chi connectivity index (χ4v) is 6.94. The molecule has 3 aliphatic carbocycles. The predicted octanol–water partition coefficient (Wildman–Crippen LogP) is 2.45. The highest BCUT2D eigenvalue weighted by Gasteiger charge is 2.54. The van der Waals surface area contributed by atoms with Gasteiger partial charge in [-0.2, -0.15) is 4.31 Å². The lowest BCUT2D eigenvalue weighted by Gasteiger charge is -2.32. The number of Topliss-reactive ketones (excluding diaryl/α,β-unsaturated/α-hetero) is 1. The maximum atomic E-state index is 12.7. The number of likely N-dealkylation sites (N-methyl/N-ethyl adjacent to an activating group) is 1. The third kappa shape index (κ3) is 3.39. The molecule has 1 N–H and O–H groups in total. The van der Waals surface area contributed by atoms with E-state index < -0.39 is 10.0 Å². The van der Waals surface area contributed by atoms with Gasteiger partial charge in [0.25, 0.3) is 0 Å². The quantitative estimate of drug-likeness (QED) is 0.738. The first kappa shape index (κ1) is 19.6. The third-order valence-corrected chi connectivity index (χ3v) is 8.93. The van der Waals surface area contributed by atoms with Crippen LogP contribution in [0.25, 0.3) is 0 Å². The van der Waals surface area contributed by atoms with Crippen molar-refractivity contribution in [3.05, 3.63) is 29.8 Å². The standard InChI is InChI=1S/C21H28N2O4S/c1-13(24)14-6-8-16(9-7-14)28(26,27)23(2)12-21(25)22-20-11-15-10-19(20)18-5-3-4-17(15)18/h6-9,15,17-20H,3-5,10-12H2,1-2H3,(H,22,25). The molecule has 5 unspecified atom stereocenters. The molecule has 1 amide bonds.